The van der Waals surface area contributed by atoms with Gasteiger partial charge in [-0.1, -0.05) is 72.8 Å². The Balaban J connectivity index is 1.92. The van der Waals surface area contributed by atoms with Gasteiger partial charge in [-0.15, -0.1) is 0 Å². The van der Waals surface area contributed by atoms with Gasteiger partial charge in [0, 0.05) is 16.3 Å². The summed E-state index contributed by atoms with van der Waals surface area (Å²) in [5.74, 6) is 0. The van der Waals surface area contributed by atoms with Gasteiger partial charge in [0.15, 0.2) is 0 Å². The molecule has 4 aromatic carbocycles. The van der Waals surface area contributed by atoms with E-state index in [1.165, 1.54) is 32.7 Å². The van der Waals surface area contributed by atoms with E-state index in [-0.39, 0.29) is 0 Å². The predicted octanol–water partition coefficient (Wildman–Crippen LogP) is 6.71. The number of aryl methyl sites for hydroxylation is 1. The van der Waals surface area contributed by atoms with E-state index in [0.717, 1.165) is 16.7 Å². The smallest absolute Gasteiger partial charge is 0.143 e. The predicted molar refractivity (Wildman–Crippen MR) is 101 cm³/mol. The van der Waals surface area contributed by atoms with Gasteiger partial charge in [-0.2, -0.15) is 0 Å². The first-order chi connectivity index (χ1) is 11.8. The molecule has 5 rings (SSSR count). The zero-order valence-corrected chi connectivity index (χ0v) is 13.4. The molecule has 0 amide bonds. The van der Waals surface area contributed by atoms with Crippen molar-refractivity contribution in [2.45, 2.75) is 6.92 Å². The fourth-order valence-electron chi connectivity index (χ4n) is 3.66. The van der Waals surface area contributed by atoms with Crippen LogP contribution in [-0.4, -0.2) is 0 Å². The first-order valence-corrected chi connectivity index (χ1v) is 8.22. The number of rotatable bonds is 1. The van der Waals surface area contributed by atoms with Crippen LogP contribution in [-0.2, 0) is 0 Å². The molecule has 0 spiro atoms. The van der Waals surface area contributed by atoms with Crippen molar-refractivity contribution in [3.8, 4) is 11.1 Å². The lowest BCUT2D eigenvalue weighted by molar-refractivity contribution is 0.670. The van der Waals surface area contributed by atoms with Gasteiger partial charge in [0.1, 0.15) is 11.2 Å². The first kappa shape index (κ1) is 13.4. The molecule has 24 heavy (non-hydrogen) atoms. The molecule has 0 fully saturated rings. The fourth-order valence-corrected chi connectivity index (χ4v) is 3.66. The molecule has 1 nitrogen and oxygen atoms in total. The number of hydrogen-bond acceptors (Lipinski definition) is 1. The van der Waals surface area contributed by atoms with Crippen molar-refractivity contribution >= 4 is 32.7 Å². The van der Waals surface area contributed by atoms with Crippen molar-refractivity contribution in [2.75, 3.05) is 0 Å². The van der Waals surface area contributed by atoms with Crippen molar-refractivity contribution < 1.29 is 4.42 Å². The van der Waals surface area contributed by atoms with E-state index >= 15 is 0 Å². The third-order valence-electron chi connectivity index (χ3n) is 4.83. The molecule has 0 aliphatic carbocycles. The normalized spacial score (nSPS) is 11.5. The Bertz CT molecular complexity index is 1210. The second kappa shape index (κ2) is 4.97. The standard InChI is InChI=1S/C23H16O/c1-15-7-4-10-17-16(15)9-5-11-18(17)20-12-6-13-21-19-8-2-3-14-22(19)24-23(20)21/h2-14H,1H3. The summed E-state index contributed by atoms with van der Waals surface area (Å²) in [6.45, 7) is 2.16. The molecule has 0 saturated carbocycles. The van der Waals surface area contributed by atoms with E-state index < -0.39 is 0 Å². The van der Waals surface area contributed by atoms with Gasteiger partial charge in [0.25, 0.3) is 0 Å². The fraction of sp³-hybridized carbons (Fsp3) is 0.0435. The van der Waals surface area contributed by atoms with Crippen molar-refractivity contribution in [1.29, 1.82) is 0 Å². The maximum Gasteiger partial charge on any atom is 0.143 e. The van der Waals surface area contributed by atoms with Crippen LogP contribution in [0, 0.1) is 6.92 Å². The molecular weight excluding hydrogens is 292 g/mol. The number of para-hydroxylation sites is 2. The SMILES string of the molecule is Cc1cccc2c(-c3cccc4c3oc3ccccc34)cccc12. The van der Waals surface area contributed by atoms with Crippen LogP contribution in [0.1, 0.15) is 5.56 Å². The maximum absolute atomic E-state index is 6.22. The van der Waals surface area contributed by atoms with E-state index in [1.807, 2.05) is 12.1 Å². The van der Waals surface area contributed by atoms with E-state index in [0.29, 0.717) is 0 Å². The summed E-state index contributed by atoms with van der Waals surface area (Å²) in [4.78, 5) is 0. The summed E-state index contributed by atoms with van der Waals surface area (Å²) in [5, 5.41) is 4.91. The summed E-state index contributed by atoms with van der Waals surface area (Å²) in [5.41, 5.74) is 5.58. The van der Waals surface area contributed by atoms with Crippen molar-refractivity contribution in [3.05, 3.63) is 84.4 Å². The highest BCUT2D eigenvalue weighted by atomic mass is 16.3. The second-order valence-corrected chi connectivity index (χ2v) is 6.26. The molecule has 1 heteroatoms. The molecule has 0 radical (unpaired) electrons. The van der Waals surface area contributed by atoms with Crippen LogP contribution in [0.5, 0.6) is 0 Å². The number of benzene rings is 4. The largest absolute Gasteiger partial charge is 0.455 e. The van der Waals surface area contributed by atoms with Gasteiger partial charge < -0.3 is 4.42 Å². The van der Waals surface area contributed by atoms with Crippen LogP contribution < -0.4 is 0 Å². The zero-order valence-electron chi connectivity index (χ0n) is 13.4. The maximum atomic E-state index is 6.22. The molecular formula is C23H16O. The summed E-state index contributed by atoms with van der Waals surface area (Å²) < 4.78 is 6.22. The van der Waals surface area contributed by atoms with Gasteiger partial charge in [0.2, 0.25) is 0 Å². The molecule has 5 aromatic rings. The lowest BCUT2D eigenvalue weighted by Gasteiger charge is -2.09. The molecule has 0 atom stereocenters. The zero-order chi connectivity index (χ0) is 16.1. The van der Waals surface area contributed by atoms with E-state index in [9.17, 15) is 0 Å². The highest BCUT2D eigenvalue weighted by molar-refractivity contribution is 6.12. The number of hydrogen-bond donors (Lipinski definition) is 0. The minimum atomic E-state index is 0.941. The Labute approximate surface area is 140 Å². The van der Waals surface area contributed by atoms with Gasteiger partial charge in [-0.25, -0.2) is 0 Å². The monoisotopic (exact) mass is 308 g/mol. The Morgan fingerprint density at radius 1 is 0.542 bits per heavy atom. The Morgan fingerprint density at radius 2 is 1.21 bits per heavy atom. The first-order valence-electron chi connectivity index (χ1n) is 8.22. The summed E-state index contributed by atoms with van der Waals surface area (Å²) in [6, 6.07) is 27.6. The van der Waals surface area contributed by atoms with E-state index in [2.05, 4.69) is 73.7 Å². The van der Waals surface area contributed by atoms with Gasteiger partial charge >= 0.3 is 0 Å². The lowest BCUT2D eigenvalue weighted by atomic mass is 9.95. The number of furan rings is 1. The molecule has 0 aliphatic rings. The number of fused-ring (bicyclic) bond motifs is 4. The quantitative estimate of drug-likeness (QED) is 0.335. The van der Waals surface area contributed by atoms with Crippen LogP contribution in [0.25, 0.3) is 43.8 Å². The molecule has 1 heterocycles. The van der Waals surface area contributed by atoms with Crippen LogP contribution >= 0.6 is 0 Å². The van der Waals surface area contributed by atoms with E-state index in [1.54, 1.807) is 0 Å². The molecule has 0 saturated heterocycles. The summed E-state index contributed by atoms with van der Waals surface area (Å²) >= 11 is 0. The lowest BCUT2D eigenvalue weighted by Crippen LogP contribution is -1.84. The van der Waals surface area contributed by atoms with Crippen molar-refractivity contribution in [3.63, 3.8) is 0 Å². The second-order valence-electron chi connectivity index (χ2n) is 6.26. The van der Waals surface area contributed by atoms with Gasteiger partial charge in [-0.3, -0.25) is 0 Å². The topological polar surface area (TPSA) is 13.1 Å². The molecule has 114 valence electrons. The average Bonchev–Trinajstić information content (AvgIpc) is 3.00. The van der Waals surface area contributed by atoms with Crippen LogP contribution in [0.2, 0.25) is 0 Å². The molecule has 1 aromatic heterocycles. The van der Waals surface area contributed by atoms with Crippen molar-refractivity contribution in [2.24, 2.45) is 0 Å². The molecule has 0 N–H and O–H groups in total. The van der Waals surface area contributed by atoms with Crippen LogP contribution in [0.15, 0.2) is 83.3 Å². The summed E-state index contributed by atoms with van der Waals surface area (Å²) in [6.07, 6.45) is 0. The average molecular weight is 308 g/mol. The Hall–Kier alpha value is -3.06. The highest BCUT2D eigenvalue weighted by Gasteiger charge is 2.13. The molecule has 0 bridgehead atoms. The van der Waals surface area contributed by atoms with Crippen molar-refractivity contribution in [1.82, 2.24) is 0 Å². The summed E-state index contributed by atoms with van der Waals surface area (Å²) in [7, 11) is 0. The van der Waals surface area contributed by atoms with Gasteiger partial charge in [-0.05, 0) is 34.9 Å². The molecule has 0 unspecified atom stereocenters. The van der Waals surface area contributed by atoms with Crippen LogP contribution in [0.4, 0.5) is 0 Å². The van der Waals surface area contributed by atoms with Crippen LogP contribution in [0.3, 0.4) is 0 Å². The highest BCUT2D eigenvalue weighted by Crippen LogP contribution is 2.38. The van der Waals surface area contributed by atoms with Gasteiger partial charge in [0.05, 0.1) is 0 Å². The Kier molecular flexibility index (Phi) is 2.77. The third kappa shape index (κ3) is 1.82. The Morgan fingerprint density at radius 3 is 2.12 bits per heavy atom. The minimum Gasteiger partial charge on any atom is -0.455 e. The molecule has 0 aliphatic heterocycles. The third-order valence-corrected chi connectivity index (χ3v) is 4.83. The van der Waals surface area contributed by atoms with E-state index in [4.69, 9.17) is 4.42 Å². The minimum absolute atomic E-state index is 0.941.